The first kappa shape index (κ1) is 15.4. The monoisotopic (exact) mass is 306 g/mol. The smallest absolute Gasteiger partial charge is 0.0607 e. The molecule has 126 valence electrons. The maximum absolute atomic E-state index is 10.1. The molecule has 0 aliphatic heterocycles. The highest BCUT2D eigenvalue weighted by molar-refractivity contribution is 5.09. The van der Waals surface area contributed by atoms with Crippen molar-refractivity contribution >= 4 is 0 Å². The summed E-state index contributed by atoms with van der Waals surface area (Å²) in [5.41, 5.74) is 1.03. The number of methoxy groups -OCH3 is 1. The van der Waals surface area contributed by atoms with Crippen LogP contribution in [-0.2, 0) is 4.74 Å². The van der Waals surface area contributed by atoms with Gasteiger partial charge in [0.2, 0.25) is 0 Å². The van der Waals surface area contributed by atoms with Gasteiger partial charge in [-0.05, 0) is 92.3 Å². The van der Waals surface area contributed by atoms with Crippen molar-refractivity contribution in [2.45, 2.75) is 83.8 Å². The summed E-state index contributed by atoms with van der Waals surface area (Å²) in [6.07, 6.45) is 12.0. The van der Waals surface area contributed by atoms with Crippen molar-refractivity contribution in [3.05, 3.63) is 0 Å². The van der Waals surface area contributed by atoms with E-state index in [0.717, 1.165) is 36.5 Å². The fourth-order valence-electron chi connectivity index (χ4n) is 7.49. The number of ether oxygens (including phenoxy) is 1. The predicted molar refractivity (Wildman–Crippen MR) is 88.5 cm³/mol. The van der Waals surface area contributed by atoms with Gasteiger partial charge >= 0.3 is 0 Å². The summed E-state index contributed by atoms with van der Waals surface area (Å²) in [4.78, 5) is 0. The largest absolute Gasteiger partial charge is 0.393 e. The standard InChI is InChI=1S/C20H34O2/c1-19-9-7-16-15(18(19)17(22-3)8-10-19)5-4-13-12-14(21)6-11-20(13,16)2/h13-18,21H,4-12H2,1-3H3/t13-,14?,15+,16-,17+,18?,19+,20-/m1/s1. The Bertz CT molecular complexity index is 435. The molecular formula is C20H34O2. The van der Waals surface area contributed by atoms with E-state index < -0.39 is 0 Å². The van der Waals surface area contributed by atoms with Crippen molar-refractivity contribution < 1.29 is 9.84 Å². The highest BCUT2D eigenvalue weighted by Crippen LogP contribution is 2.66. The molecule has 0 amide bonds. The van der Waals surface area contributed by atoms with Crippen molar-refractivity contribution in [3.63, 3.8) is 0 Å². The lowest BCUT2D eigenvalue weighted by molar-refractivity contribution is -0.139. The van der Waals surface area contributed by atoms with Crippen LogP contribution in [0.4, 0.5) is 0 Å². The Labute approximate surface area is 136 Å². The topological polar surface area (TPSA) is 29.5 Å². The van der Waals surface area contributed by atoms with Gasteiger partial charge in [-0.25, -0.2) is 0 Å². The first-order valence-electron chi connectivity index (χ1n) is 9.69. The maximum Gasteiger partial charge on any atom is 0.0607 e. The maximum atomic E-state index is 10.1. The summed E-state index contributed by atoms with van der Waals surface area (Å²) in [6.45, 7) is 5.12. The lowest BCUT2D eigenvalue weighted by Gasteiger charge is -2.60. The van der Waals surface area contributed by atoms with Crippen LogP contribution in [0.1, 0.15) is 71.6 Å². The molecule has 0 aromatic heterocycles. The molecule has 8 atom stereocenters. The van der Waals surface area contributed by atoms with Crippen molar-refractivity contribution in [1.29, 1.82) is 0 Å². The molecule has 2 heteroatoms. The van der Waals surface area contributed by atoms with Crippen molar-refractivity contribution in [3.8, 4) is 0 Å². The first-order chi connectivity index (χ1) is 10.5. The van der Waals surface area contributed by atoms with Crippen molar-refractivity contribution in [2.24, 2.45) is 34.5 Å². The Morgan fingerprint density at radius 2 is 1.73 bits per heavy atom. The van der Waals surface area contributed by atoms with Gasteiger partial charge in [0, 0.05) is 7.11 Å². The van der Waals surface area contributed by atoms with Gasteiger partial charge in [-0.3, -0.25) is 0 Å². The Kier molecular flexibility index (Phi) is 3.66. The van der Waals surface area contributed by atoms with E-state index in [0.29, 0.717) is 16.9 Å². The molecule has 0 radical (unpaired) electrons. The minimum absolute atomic E-state index is 0.0262. The highest BCUT2D eigenvalue weighted by atomic mass is 16.5. The number of rotatable bonds is 1. The van der Waals surface area contributed by atoms with E-state index in [1.54, 1.807) is 0 Å². The summed E-state index contributed by atoms with van der Waals surface area (Å²) < 4.78 is 5.94. The van der Waals surface area contributed by atoms with Crippen molar-refractivity contribution in [1.82, 2.24) is 0 Å². The predicted octanol–water partition coefficient (Wildman–Crippen LogP) is 4.41. The molecule has 0 heterocycles. The van der Waals surface area contributed by atoms with Gasteiger partial charge in [-0.1, -0.05) is 13.8 Å². The SMILES string of the molecule is CO[C@H]1CC[C@]2(C)CC[C@@H]3[C@H](CC[C@@H]4CC(O)CC[C@]43C)C12. The number of aliphatic hydroxyl groups is 1. The van der Waals surface area contributed by atoms with E-state index in [1.165, 1.54) is 44.9 Å². The molecule has 0 aromatic carbocycles. The Hall–Kier alpha value is -0.0800. The Morgan fingerprint density at radius 3 is 2.50 bits per heavy atom. The summed E-state index contributed by atoms with van der Waals surface area (Å²) in [5, 5.41) is 10.1. The molecule has 4 aliphatic carbocycles. The van der Waals surface area contributed by atoms with Crippen LogP contribution in [0.15, 0.2) is 0 Å². The minimum atomic E-state index is -0.0262. The normalized spacial score (nSPS) is 57.8. The van der Waals surface area contributed by atoms with Crippen LogP contribution < -0.4 is 0 Å². The van der Waals surface area contributed by atoms with Gasteiger partial charge < -0.3 is 9.84 Å². The summed E-state index contributed by atoms with van der Waals surface area (Å²) in [5.74, 6) is 3.32. The molecule has 0 bridgehead atoms. The quantitative estimate of drug-likeness (QED) is 0.778. The number of aliphatic hydroxyl groups excluding tert-OH is 1. The fraction of sp³-hybridized carbons (Fsp3) is 1.00. The van der Waals surface area contributed by atoms with Crippen LogP contribution in [0.5, 0.6) is 0 Å². The number of hydrogen-bond donors (Lipinski definition) is 1. The molecule has 2 nitrogen and oxygen atoms in total. The second-order valence-corrected chi connectivity index (χ2v) is 9.51. The molecular weight excluding hydrogens is 272 g/mol. The number of fused-ring (bicyclic) bond motifs is 5. The Balaban J connectivity index is 1.64. The van der Waals surface area contributed by atoms with Gasteiger partial charge in [0.1, 0.15) is 0 Å². The summed E-state index contributed by atoms with van der Waals surface area (Å²) in [7, 11) is 1.93. The van der Waals surface area contributed by atoms with E-state index in [4.69, 9.17) is 4.74 Å². The van der Waals surface area contributed by atoms with E-state index in [9.17, 15) is 5.11 Å². The van der Waals surface area contributed by atoms with Crippen LogP contribution in [-0.4, -0.2) is 24.4 Å². The molecule has 0 aromatic rings. The van der Waals surface area contributed by atoms with Crippen molar-refractivity contribution in [2.75, 3.05) is 7.11 Å². The second-order valence-electron chi connectivity index (χ2n) is 9.51. The third-order valence-electron chi connectivity index (χ3n) is 8.71. The van der Waals surface area contributed by atoms with Gasteiger partial charge in [0.15, 0.2) is 0 Å². The van der Waals surface area contributed by atoms with Gasteiger partial charge in [-0.15, -0.1) is 0 Å². The average Bonchev–Trinajstić information content (AvgIpc) is 2.85. The zero-order valence-electron chi connectivity index (χ0n) is 14.7. The zero-order valence-corrected chi connectivity index (χ0v) is 14.7. The number of hydrogen-bond acceptors (Lipinski definition) is 2. The molecule has 1 N–H and O–H groups in total. The van der Waals surface area contributed by atoms with Crippen LogP contribution in [0.25, 0.3) is 0 Å². The third kappa shape index (κ3) is 2.05. The van der Waals surface area contributed by atoms with Gasteiger partial charge in [0.25, 0.3) is 0 Å². The third-order valence-corrected chi connectivity index (χ3v) is 8.71. The van der Waals surface area contributed by atoms with E-state index in [1.807, 2.05) is 7.11 Å². The minimum Gasteiger partial charge on any atom is -0.393 e. The Morgan fingerprint density at radius 1 is 0.955 bits per heavy atom. The molecule has 4 fully saturated rings. The second kappa shape index (κ2) is 5.21. The molecule has 22 heavy (non-hydrogen) atoms. The van der Waals surface area contributed by atoms with Gasteiger partial charge in [-0.2, -0.15) is 0 Å². The van der Waals surface area contributed by atoms with E-state index in [-0.39, 0.29) is 6.10 Å². The summed E-state index contributed by atoms with van der Waals surface area (Å²) in [6, 6.07) is 0. The van der Waals surface area contributed by atoms with Crippen LogP contribution in [0.3, 0.4) is 0 Å². The van der Waals surface area contributed by atoms with Gasteiger partial charge in [0.05, 0.1) is 12.2 Å². The highest BCUT2D eigenvalue weighted by Gasteiger charge is 2.60. The lowest BCUT2D eigenvalue weighted by atomic mass is 9.45. The molecule has 2 unspecified atom stereocenters. The van der Waals surface area contributed by atoms with E-state index in [2.05, 4.69) is 13.8 Å². The lowest BCUT2D eigenvalue weighted by Crippen LogP contribution is -2.54. The van der Waals surface area contributed by atoms with E-state index >= 15 is 0 Å². The molecule has 4 saturated carbocycles. The van der Waals surface area contributed by atoms with Crippen LogP contribution >= 0.6 is 0 Å². The molecule has 4 aliphatic rings. The fourth-order valence-corrected chi connectivity index (χ4v) is 7.49. The zero-order chi connectivity index (χ0) is 15.5. The van der Waals surface area contributed by atoms with Crippen LogP contribution in [0, 0.1) is 34.5 Å². The molecule has 0 spiro atoms. The molecule has 4 rings (SSSR count). The summed E-state index contributed by atoms with van der Waals surface area (Å²) >= 11 is 0. The first-order valence-corrected chi connectivity index (χ1v) is 9.69. The van der Waals surface area contributed by atoms with Crippen LogP contribution in [0.2, 0.25) is 0 Å². The molecule has 0 saturated heterocycles. The average molecular weight is 306 g/mol.